The third-order valence-electron chi connectivity index (χ3n) is 1.48. The fourth-order valence-electron chi connectivity index (χ4n) is 0.705. The van der Waals surface area contributed by atoms with Gasteiger partial charge in [-0.1, -0.05) is 46.5 Å². The maximum absolute atomic E-state index is 9.98. The second-order valence-electron chi connectivity index (χ2n) is 2.92. The van der Waals surface area contributed by atoms with Crippen LogP contribution in [-0.4, -0.2) is 5.91 Å². The molecule has 0 radical (unpaired) electrons. The highest BCUT2D eigenvalue weighted by atomic mass is 16.1. The van der Waals surface area contributed by atoms with Crippen molar-refractivity contribution in [3.63, 3.8) is 0 Å². The minimum absolute atomic E-state index is 0.193. The summed E-state index contributed by atoms with van der Waals surface area (Å²) in [5.41, 5.74) is 4.84. The van der Waals surface area contributed by atoms with Crippen LogP contribution in [0, 0.1) is 0 Å². The standard InChI is InChI=1S/C5H11NO.C5H12/c1-2-3-4-5(6)7;1-3-5-4-2/h2-4H2,1H3,(H2,6,7);3-5H2,1-2H3. The SMILES string of the molecule is CCCCC.CCCCC(N)=O. The van der Waals surface area contributed by atoms with Crippen molar-refractivity contribution < 1.29 is 4.79 Å². The van der Waals surface area contributed by atoms with E-state index in [1.165, 1.54) is 19.3 Å². The third kappa shape index (κ3) is 22.7. The Balaban J connectivity index is 0. The highest BCUT2D eigenvalue weighted by molar-refractivity contribution is 5.73. The maximum atomic E-state index is 9.98. The molecule has 0 spiro atoms. The molecule has 0 unspecified atom stereocenters. The largest absolute Gasteiger partial charge is 0.370 e. The molecule has 2 heteroatoms. The van der Waals surface area contributed by atoms with Crippen molar-refractivity contribution in [3.05, 3.63) is 0 Å². The summed E-state index contributed by atoms with van der Waals surface area (Å²) in [7, 11) is 0. The van der Waals surface area contributed by atoms with Crippen LogP contribution >= 0.6 is 0 Å². The van der Waals surface area contributed by atoms with Crippen molar-refractivity contribution in [3.8, 4) is 0 Å². The van der Waals surface area contributed by atoms with Crippen molar-refractivity contribution >= 4 is 5.91 Å². The van der Waals surface area contributed by atoms with Crippen LogP contribution in [0.5, 0.6) is 0 Å². The lowest BCUT2D eigenvalue weighted by atomic mass is 10.2. The van der Waals surface area contributed by atoms with E-state index in [4.69, 9.17) is 5.73 Å². The number of nitrogens with two attached hydrogens (primary N) is 1. The van der Waals surface area contributed by atoms with E-state index in [0.29, 0.717) is 6.42 Å². The quantitative estimate of drug-likeness (QED) is 0.682. The second-order valence-corrected chi connectivity index (χ2v) is 2.92. The maximum Gasteiger partial charge on any atom is 0.217 e. The Kier molecular flexibility index (Phi) is 15.3. The van der Waals surface area contributed by atoms with E-state index < -0.39 is 0 Å². The van der Waals surface area contributed by atoms with Crippen LogP contribution in [0.1, 0.15) is 59.3 Å². The zero-order chi connectivity index (χ0) is 9.82. The van der Waals surface area contributed by atoms with Gasteiger partial charge in [-0.15, -0.1) is 0 Å². The Labute approximate surface area is 76.5 Å². The van der Waals surface area contributed by atoms with E-state index in [9.17, 15) is 4.79 Å². The predicted octanol–water partition coefficient (Wildman–Crippen LogP) is 2.86. The highest BCUT2D eigenvalue weighted by Crippen LogP contribution is 1.90. The molecule has 0 saturated carbocycles. The van der Waals surface area contributed by atoms with E-state index in [1.807, 2.05) is 6.92 Å². The van der Waals surface area contributed by atoms with Gasteiger partial charge in [-0.05, 0) is 6.42 Å². The van der Waals surface area contributed by atoms with Crippen LogP contribution in [0.25, 0.3) is 0 Å². The van der Waals surface area contributed by atoms with Crippen molar-refractivity contribution in [2.45, 2.75) is 59.3 Å². The summed E-state index contributed by atoms with van der Waals surface area (Å²) in [5.74, 6) is -0.193. The van der Waals surface area contributed by atoms with Crippen molar-refractivity contribution in [1.82, 2.24) is 0 Å². The van der Waals surface area contributed by atoms with Gasteiger partial charge < -0.3 is 5.73 Å². The van der Waals surface area contributed by atoms with Crippen LogP contribution in [0.4, 0.5) is 0 Å². The fourth-order valence-corrected chi connectivity index (χ4v) is 0.705. The Morgan fingerprint density at radius 3 is 1.50 bits per heavy atom. The van der Waals surface area contributed by atoms with Gasteiger partial charge in [0.05, 0.1) is 0 Å². The van der Waals surface area contributed by atoms with Gasteiger partial charge >= 0.3 is 0 Å². The molecule has 0 aliphatic heterocycles. The molecule has 0 heterocycles. The third-order valence-corrected chi connectivity index (χ3v) is 1.48. The molecule has 0 aliphatic carbocycles. The number of unbranched alkanes of at least 4 members (excludes halogenated alkanes) is 3. The summed E-state index contributed by atoms with van der Waals surface area (Å²) in [6, 6.07) is 0. The highest BCUT2D eigenvalue weighted by Gasteiger charge is 1.88. The summed E-state index contributed by atoms with van der Waals surface area (Å²) in [6.07, 6.45) is 6.59. The zero-order valence-corrected chi connectivity index (χ0v) is 8.73. The molecule has 74 valence electrons. The molecule has 0 aliphatic rings. The molecule has 2 N–H and O–H groups in total. The molecule has 0 aromatic rings. The van der Waals surface area contributed by atoms with Gasteiger partial charge in [-0.25, -0.2) is 0 Å². The monoisotopic (exact) mass is 173 g/mol. The zero-order valence-electron chi connectivity index (χ0n) is 8.73. The van der Waals surface area contributed by atoms with Gasteiger partial charge in [-0.2, -0.15) is 0 Å². The Hall–Kier alpha value is -0.530. The van der Waals surface area contributed by atoms with Gasteiger partial charge in [0.15, 0.2) is 0 Å². The van der Waals surface area contributed by atoms with Crippen LogP contribution in [-0.2, 0) is 4.79 Å². The van der Waals surface area contributed by atoms with Crippen molar-refractivity contribution in [2.75, 3.05) is 0 Å². The van der Waals surface area contributed by atoms with E-state index in [-0.39, 0.29) is 5.91 Å². The Morgan fingerprint density at radius 2 is 1.42 bits per heavy atom. The van der Waals surface area contributed by atoms with Crippen molar-refractivity contribution in [1.29, 1.82) is 0 Å². The van der Waals surface area contributed by atoms with Crippen LogP contribution < -0.4 is 5.73 Å². The first kappa shape index (κ1) is 14.0. The van der Waals surface area contributed by atoms with E-state index in [1.54, 1.807) is 0 Å². The number of hydrogen-bond acceptors (Lipinski definition) is 1. The van der Waals surface area contributed by atoms with Gasteiger partial charge in [0.25, 0.3) is 0 Å². The van der Waals surface area contributed by atoms with Crippen molar-refractivity contribution in [2.24, 2.45) is 5.73 Å². The summed E-state index contributed by atoms with van der Waals surface area (Å²) < 4.78 is 0. The molecule has 1 amide bonds. The molecular weight excluding hydrogens is 150 g/mol. The molecule has 0 atom stereocenters. The summed E-state index contributed by atoms with van der Waals surface area (Å²) in [6.45, 7) is 6.45. The van der Waals surface area contributed by atoms with Gasteiger partial charge in [0.1, 0.15) is 0 Å². The molecular formula is C10H23NO. The molecule has 0 rings (SSSR count). The first-order valence-corrected chi connectivity index (χ1v) is 4.97. The second kappa shape index (κ2) is 13.1. The summed E-state index contributed by atoms with van der Waals surface area (Å²) >= 11 is 0. The van der Waals surface area contributed by atoms with Crippen LogP contribution in [0.15, 0.2) is 0 Å². The minimum Gasteiger partial charge on any atom is -0.370 e. The van der Waals surface area contributed by atoms with Crippen LogP contribution in [0.3, 0.4) is 0 Å². The smallest absolute Gasteiger partial charge is 0.217 e. The van der Waals surface area contributed by atoms with E-state index in [2.05, 4.69) is 13.8 Å². The fraction of sp³-hybridized carbons (Fsp3) is 0.900. The predicted molar refractivity (Wildman–Crippen MR) is 53.9 cm³/mol. The van der Waals surface area contributed by atoms with Crippen LogP contribution in [0.2, 0.25) is 0 Å². The molecule has 0 saturated heterocycles. The van der Waals surface area contributed by atoms with E-state index in [0.717, 1.165) is 12.8 Å². The lowest BCUT2D eigenvalue weighted by Gasteiger charge is -1.86. The van der Waals surface area contributed by atoms with E-state index >= 15 is 0 Å². The Bertz CT molecular complexity index is 89.8. The first-order valence-electron chi connectivity index (χ1n) is 4.97. The molecule has 0 aromatic carbocycles. The van der Waals surface area contributed by atoms with Gasteiger partial charge in [-0.3, -0.25) is 4.79 Å². The number of hydrogen-bond donors (Lipinski definition) is 1. The first-order chi connectivity index (χ1) is 5.68. The summed E-state index contributed by atoms with van der Waals surface area (Å²) in [4.78, 5) is 9.98. The number of carbonyl (C=O) groups is 1. The van der Waals surface area contributed by atoms with Gasteiger partial charge in [0, 0.05) is 6.42 Å². The topological polar surface area (TPSA) is 43.1 Å². The normalized spacial score (nSPS) is 8.58. The average Bonchev–Trinajstić information content (AvgIpc) is 2.03. The molecule has 0 bridgehead atoms. The molecule has 0 aromatic heterocycles. The number of amides is 1. The summed E-state index contributed by atoms with van der Waals surface area (Å²) in [5, 5.41) is 0. The number of primary amides is 1. The molecule has 12 heavy (non-hydrogen) atoms. The molecule has 0 fully saturated rings. The number of carbonyl (C=O) groups excluding carboxylic acids is 1. The van der Waals surface area contributed by atoms with Gasteiger partial charge in [0.2, 0.25) is 5.91 Å². The molecule has 2 nitrogen and oxygen atoms in total. The lowest BCUT2D eigenvalue weighted by molar-refractivity contribution is -0.118. The Morgan fingerprint density at radius 1 is 1.00 bits per heavy atom. The lowest BCUT2D eigenvalue weighted by Crippen LogP contribution is -2.09. The number of rotatable bonds is 5. The minimum atomic E-state index is -0.193. The average molecular weight is 173 g/mol.